The van der Waals surface area contributed by atoms with Gasteiger partial charge in [-0.1, -0.05) is 0 Å². The van der Waals surface area contributed by atoms with Crippen LogP contribution in [0.25, 0.3) is 0 Å². The Morgan fingerprint density at radius 2 is 2.44 bits per heavy atom. The van der Waals surface area contributed by atoms with Gasteiger partial charge in [0.15, 0.2) is 0 Å². The molecule has 0 unspecified atom stereocenters. The first-order valence-corrected chi connectivity index (χ1v) is 2.33. The van der Waals surface area contributed by atoms with Crippen molar-refractivity contribution in [2.45, 2.75) is 13.3 Å². The summed E-state index contributed by atoms with van der Waals surface area (Å²) >= 11 is 0. The number of hydrogen-bond acceptors (Lipinski definition) is 3. The molecule has 0 rings (SSSR count). The monoisotopic (exact) mass is 153 g/mol. The number of esters is 1. The van der Waals surface area contributed by atoms with Crippen molar-refractivity contribution in [2.24, 2.45) is 0 Å². The number of hydrogen-bond donors (Lipinski definition) is 0. The quantitative estimate of drug-likeness (QED) is 0.328. The molecule has 0 heterocycles. The minimum atomic E-state index is -0.449. The molecule has 0 atom stereocenters. The first-order valence-electron chi connectivity index (χ1n) is 2.33. The fourth-order valence-electron chi connectivity index (χ4n) is 0.277. The van der Waals surface area contributed by atoms with Crippen LogP contribution in [0.15, 0.2) is 0 Å². The average molecular weight is 153 g/mol. The first-order chi connectivity index (χ1) is 3.81. The average Bonchev–Trinajstić information content (AvgIpc) is 1.68. The molecule has 0 aliphatic carbocycles. The van der Waals surface area contributed by atoms with Gasteiger partial charge in [-0.05, 0) is 6.92 Å². The van der Waals surface area contributed by atoms with Gasteiger partial charge in [0, 0.05) is 0 Å². The second-order valence-corrected chi connectivity index (χ2v) is 1.14. The summed E-state index contributed by atoms with van der Waals surface area (Å²) in [7, 11) is 0. The van der Waals surface area contributed by atoms with Gasteiger partial charge in [-0.25, -0.2) is 0 Å². The number of nitriles is 1. The molecule has 0 N–H and O–H groups in total. The molecule has 0 bridgehead atoms. The molecule has 0 amide bonds. The van der Waals surface area contributed by atoms with Crippen LogP contribution < -0.4 is 51.4 Å². The molecule has 0 fully saturated rings. The van der Waals surface area contributed by atoms with Gasteiger partial charge in [-0.15, -0.1) is 0 Å². The molecule has 0 aromatic rings. The minimum Gasteiger partial charge on any atom is -1.00 e. The van der Waals surface area contributed by atoms with Gasteiger partial charge in [0.2, 0.25) is 0 Å². The second-order valence-electron chi connectivity index (χ2n) is 1.14. The van der Waals surface area contributed by atoms with Crippen molar-refractivity contribution in [3.05, 3.63) is 0 Å². The Kier molecular flexibility index (Phi) is 11.7. The molecule has 0 aromatic carbocycles. The zero-order chi connectivity index (χ0) is 6.41. The SMILES string of the molecule is CCOC(=O)CC#N.[H-].[K+]. The Morgan fingerprint density at radius 3 is 2.78 bits per heavy atom. The second kappa shape index (κ2) is 8.60. The third-order valence-electron chi connectivity index (χ3n) is 0.529. The molecule has 0 aliphatic heterocycles. The Labute approximate surface area is 98.3 Å². The van der Waals surface area contributed by atoms with Crippen LogP contribution >= 0.6 is 0 Å². The fourth-order valence-corrected chi connectivity index (χ4v) is 0.277. The Balaban J connectivity index is -0.000000245. The van der Waals surface area contributed by atoms with Crippen LogP contribution in [0.4, 0.5) is 0 Å². The largest absolute Gasteiger partial charge is 1.00 e. The van der Waals surface area contributed by atoms with Gasteiger partial charge in [0.1, 0.15) is 6.42 Å². The van der Waals surface area contributed by atoms with Gasteiger partial charge in [0.05, 0.1) is 12.7 Å². The summed E-state index contributed by atoms with van der Waals surface area (Å²) in [5.41, 5.74) is 0. The summed E-state index contributed by atoms with van der Waals surface area (Å²) in [6, 6.07) is 1.68. The number of carbonyl (C=O) groups excluding carboxylic acids is 1. The van der Waals surface area contributed by atoms with Crippen LogP contribution in [0, 0.1) is 11.3 Å². The number of ether oxygens (including phenoxy) is 1. The summed E-state index contributed by atoms with van der Waals surface area (Å²) < 4.78 is 4.42. The standard InChI is InChI=1S/C5H7NO2.K.H/c1-2-8-5(7)3-4-6;;/h2-3H2,1H3;;/q;+1;-1. The van der Waals surface area contributed by atoms with Crippen molar-refractivity contribution in [1.29, 1.82) is 5.26 Å². The molecule has 9 heavy (non-hydrogen) atoms. The molecule has 0 spiro atoms. The van der Waals surface area contributed by atoms with Crippen molar-refractivity contribution < 1.29 is 62.3 Å². The molecular formula is C5H8KNO2. The maximum atomic E-state index is 10.2. The summed E-state index contributed by atoms with van der Waals surface area (Å²) in [6.07, 6.45) is -0.145. The molecule has 0 saturated heterocycles. The molecule has 3 nitrogen and oxygen atoms in total. The fraction of sp³-hybridized carbons (Fsp3) is 0.600. The van der Waals surface area contributed by atoms with Crippen LogP contribution in [0.3, 0.4) is 0 Å². The van der Waals surface area contributed by atoms with E-state index in [-0.39, 0.29) is 59.2 Å². The van der Waals surface area contributed by atoms with E-state index in [0.29, 0.717) is 6.61 Å². The summed E-state index contributed by atoms with van der Waals surface area (Å²) in [5.74, 6) is -0.449. The molecule has 0 aromatic heterocycles. The Bertz CT molecular complexity index is 123. The van der Waals surface area contributed by atoms with Crippen molar-refractivity contribution in [3.63, 3.8) is 0 Å². The smallest absolute Gasteiger partial charge is 1.00 e. The van der Waals surface area contributed by atoms with Gasteiger partial charge in [-0.2, -0.15) is 5.26 Å². The van der Waals surface area contributed by atoms with E-state index in [1.165, 1.54) is 0 Å². The maximum Gasteiger partial charge on any atom is 1.00 e. The summed E-state index contributed by atoms with van der Waals surface area (Å²) in [6.45, 7) is 2.05. The molecule has 0 aliphatic rings. The van der Waals surface area contributed by atoms with Crippen LogP contribution in [-0.2, 0) is 9.53 Å². The molecule has 46 valence electrons. The van der Waals surface area contributed by atoms with Gasteiger partial charge < -0.3 is 6.16 Å². The summed E-state index contributed by atoms with van der Waals surface area (Å²) in [5, 5.41) is 7.91. The first kappa shape index (κ1) is 12.3. The predicted octanol–water partition coefficient (Wildman–Crippen LogP) is -2.42. The van der Waals surface area contributed by atoms with E-state index in [9.17, 15) is 4.79 Å². The van der Waals surface area contributed by atoms with Crippen molar-refractivity contribution in [2.75, 3.05) is 6.61 Å². The van der Waals surface area contributed by atoms with E-state index < -0.39 is 5.97 Å². The van der Waals surface area contributed by atoms with Gasteiger partial charge >= 0.3 is 57.4 Å². The van der Waals surface area contributed by atoms with E-state index in [1.54, 1.807) is 13.0 Å². The number of carbonyl (C=O) groups is 1. The van der Waals surface area contributed by atoms with Crippen LogP contribution in [0.1, 0.15) is 14.8 Å². The Morgan fingerprint density at radius 1 is 1.89 bits per heavy atom. The van der Waals surface area contributed by atoms with Crippen molar-refractivity contribution in [3.8, 4) is 6.07 Å². The van der Waals surface area contributed by atoms with E-state index in [2.05, 4.69) is 4.74 Å². The topological polar surface area (TPSA) is 50.1 Å². The zero-order valence-electron chi connectivity index (χ0n) is 6.68. The van der Waals surface area contributed by atoms with Crippen LogP contribution in [0.5, 0.6) is 0 Å². The molecular weight excluding hydrogens is 145 g/mol. The number of nitrogens with zero attached hydrogens (tertiary/aromatic N) is 1. The van der Waals surface area contributed by atoms with Gasteiger partial charge in [0.25, 0.3) is 0 Å². The van der Waals surface area contributed by atoms with E-state index in [4.69, 9.17) is 5.26 Å². The van der Waals surface area contributed by atoms with Crippen molar-refractivity contribution >= 4 is 5.97 Å². The van der Waals surface area contributed by atoms with E-state index in [1.807, 2.05) is 0 Å². The Hall–Kier alpha value is 0.596. The maximum absolute atomic E-state index is 10.2. The minimum absolute atomic E-state index is 0. The normalized spacial score (nSPS) is 6.67. The van der Waals surface area contributed by atoms with Crippen molar-refractivity contribution in [1.82, 2.24) is 0 Å². The third-order valence-corrected chi connectivity index (χ3v) is 0.529. The van der Waals surface area contributed by atoms with Crippen LogP contribution in [0.2, 0.25) is 0 Å². The van der Waals surface area contributed by atoms with Gasteiger partial charge in [-0.3, -0.25) is 4.79 Å². The summed E-state index contributed by atoms with van der Waals surface area (Å²) in [4.78, 5) is 10.2. The van der Waals surface area contributed by atoms with E-state index >= 15 is 0 Å². The predicted molar refractivity (Wildman–Crippen MR) is 28.0 cm³/mol. The molecule has 0 saturated carbocycles. The molecule has 0 radical (unpaired) electrons. The van der Waals surface area contributed by atoms with E-state index in [0.717, 1.165) is 0 Å². The number of rotatable bonds is 2. The molecule has 4 heteroatoms. The zero-order valence-corrected chi connectivity index (χ0v) is 8.80. The third kappa shape index (κ3) is 8.60. The van der Waals surface area contributed by atoms with Crippen LogP contribution in [-0.4, -0.2) is 12.6 Å².